The fourth-order valence-electron chi connectivity index (χ4n) is 11.5. The van der Waals surface area contributed by atoms with Gasteiger partial charge in [-0.05, 0) is 121 Å². The fraction of sp³-hybridized carbons (Fsp3) is 0.969. The number of carbonyl (C=O) groups is 1. The number of hydrogen-bond donors (Lipinski definition) is 1. The van der Waals surface area contributed by atoms with Crippen molar-refractivity contribution in [1.29, 1.82) is 0 Å². The van der Waals surface area contributed by atoms with E-state index in [0.29, 0.717) is 34.7 Å². The van der Waals surface area contributed by atoms with Crippen LogP contribution in [0.2, 0.25) is 0 Å². The van der Waals surface area contributed by atoms with Gasteiger partial charge in [-0.1, -0.05) is 48.5 Å². The molecule has 0 bridgehead atoms. The van der Waals surface area contributed by atoms with Crippen molar-refractivity contribution < 1.29 is 14.6 Å². The first kappa shape index (κ1) is 26.1. The molecule has 0 heterocycles. The van der Waals surface area contributed by atoms with Crippen molar-refractivity contribution in [2.24, 2.45) is 56.2 Å². The molecule has 0 aromatic rings. The van der Waals surface area contributed by atoms with Crippen LogP contribution >= 0.6 is 0 Å². The molecule has 0 amide bonds. The van der Waals surface area contributed by atoms with Crippen LogP contribution < -0.4 is 0 Å². The first-order chi connectivity index (χ1) is 16.1. The lowest BCUT2D eigenvalue weighted by Gasteiger charge is -2.73. The zero-order chi connectivity index (χ0) is 25.7. The predicted octanol–water partition coefficient (Wildman–Crippen LogP) is 7.79. The van der Waals surface area contributed by atoms with E-state index in [9.17, 15) is 9.90 Å². The van der Waals surface area contributed by atoms with Crippen molar-refractivity contribution in [3.8, 4) is 0 Å². The van der Waals surface area contributed by atoms with Gasteiger partial charge < -0.3 is 9.84 Å². The molecule has 9 atom stereocenters. The number of rotatable bonds is 2. The molecule has 1 N–H and O–H groups in total. The van der Waals surface area contributed by atoms with Gasteiger partial charge in [0.05, 0.1) is 12.7 Å². The second-order valence-corrected chi connectivity index (χ2v) is 16.2. The summed E-state index contributed by atoms with van der Waals surface area (Å²) in [5.74, 6) is 2.49. The summed E-state index contributed by atoms with van der Waals surface area (Å²) in [5, 5.41) is 11.1. The van der Waals surface area contributed by atoms with Crippen molar-refractivity contribution in [3.05, 3.63) is 0 Å². The van der Waals surface area contributed by atoms with Gasteiger partial charge in [0.2, 0.25) is 0 Å². The van der Waals surface area contributed by atoms with Crippen molar-refractivity contribution in [3.63, 3.8) is 0 Å². The lowest BCUT2D eigenvalue weighted by molar-refractivity contribution is -0.266. The van der Waals surface area contributed by atoms with Crippen LogP contribution in [-0.4, -0.2) is 23.8 Å². The van der Waals surface area contributed by atoms with Crippen LogP contribution in [0, 0.1) is 56.2 Å². The Morgan fingerprint density at radius 1 is 0.771 bits per heavy atom. The van der Waals surface area contributed by atoms with Crippen LogP contribution in [0.4, 0.5) is 0 Å². The van der Waals surface area contributed by atoms with Gasteiger partial charge in [-0.25, -0.2) is 0 Å². The first-order valence-electron chi connectivity index (χ1n) is 14.9. The van der Waals surface area contributed by atoms with Gasteiger partial charge in [0.15, 0.2) is 0 Å². The van der Waals surface area contributed by atoms with E-state index in [1.54, 1.807) is 6.92 Å². The topological polar surface area (TPSA) is 46.5 Å². The van der Waals surface area contributed by atoms with Gasteiger partial charge in [0.25, 0.3) is 0 Å². The molecule has 0 spiro atoms. The minimum Gasteiger partial charge on any atom is -0.465 e. The largest absolute Gasteiger partial charge is 0.465 e. The van der Waals surface area contributed by atoms with E-state index in [1.165, 1.54) is 51.4 Å². The van der Waals surface area contributed by atoms with E-state index in [0.717, 1.165) is 31.1 Å². The van der Waals surface area contributed by atoms with Crippen LogP contribution in [0.25, 0.3) is 0 Å². The Morgan fingerprint density at radius 2 is 1.46 bits per heavy atom. The van der Waals surface area contributed by atoms with E-state index >= 15 is 0 Å². The molecule has 5 rings (SSSR count). The van der Waals surface area contributed by atoms with Gasteiger partial charge in [-0.15, -0.1) is 0 Å². The second-order valence-electron chi connectivity index (χ2n) is 16.2. The molecule has 0 radical (unpaired) electrons. The number of hydrogen-bond acceptors (Lipinski definition) is 3. The molecule has 5 saturated carbocycles. The highest BCUT2D eigenvalue weighted by Gasteiger charge is 2.70. The molecule has 200 valence electrons. The summed E-state index contributed by atoms with van der Waals surface area (Å²) in [6.07, 6.45) is 13.5. The molecule has 0 aromatic carbocycles. The van der Waals surface area contributed by atoms with Crippen LogP contribution in [-0.2, 0) is 9.53 Å². The monoisotopic (exact) mass is 486 g/mol. The SMILES string of the molecule is CC(=O)OC[C@]12CC[C@@H](O)C(C)(C)C1CC[C@]1(C)[C@@H]2CC[C@@H]2[C@H]3CC(C)(C)CC[C@]3(C)CC[C@]21C. The summed E-state index contributed by atoms with van der Waals surface area (Å²) in [6.45, 7) is 19.7. The van der Waals surface area contributed by atoms with E-state index in [4.69, 9.17) is 4.74 Å². The quantitative estimate of drug-likeness (QED) is 0.405. The molecular formula is C32H54O3. The second kappa shape index (κ2) is 7.97. The van der Waals surface area contributed by atoms with E-state index in [-0.39, 0.29) is 28.3 Å². The van der Waals surface area contributed by atoms with Crippen molar-refractivity contribution >= 4 is 5.97 Å². The van der Waals surface area contributed by atoms with Gasteiger partial charge in [-0.2, -0.15) is 0 Å². The van der Waals surface area contributed by atoms with Crippen molar-refractivity contribution in [1.82, 2.24) is 0 Å². The maximum atomic E-state index is 12.1. The van der Waals surface area contributed by atoms with Crippen LogP contribution in [0.3, 0.4) is 0 Å². The highest BCUT2D eigenvalue weighted by molar-refractivity contribution is 5.66. The van der Waals surface area contributed by atoms with Crippen LogP contribution in [0.1, 0.15) is 126 Å². The molecule has 5 aliphatic carbocycles. The molecule has 5 aliphatic rings. The molecule has 5 fully saturated rings. The summed E-state index contributed by atoms with van der Waals surface area (Å²) in [5.41, 5.74) is 1.48. The molecule has 3 nitrogen and oxygen atoms in total. The Labute approximate surface area is 215 Å². The van der Waals surface area contributed by atoms with Gasteiger partial charge in [0, 0.05) is 12.3 Å². The summed E-state index contributed by atoms with van der Waals surface area (Å²) in [4.78, 5) is 12.1. The van der Waals surface area contributed by atoms with E-state index in [1.807, 2.05) is 0 Å². The summed E-state index contributed by atoms with van der Waals surface area (Å²) in [6, 6.07) is 0. The van der Waals surface area contributed by atoms with Crippen LogP contribution in [0.15, 0.2) is 0 Å². The molecule has 35 heavy (non-hydrogen) atoms. The van der Waals surface area contributed by atoms with Crippen molar-refractivity contribution in [2.75, 3.05) is 6.61 Å². The van der Waals surface area contributed by atoms with Gasteiger partial charge >= 0.3 is 5.97 Å². The average molecular weight is 487 g/mol. The Morgan fingerprint density at radius 3 is 2.14 bits per heavy atom. The molecule has 0 aromatic heterocycles. The fourth-order valence-corrected chi connectivity index (χ4v) is 11.5. The maximum Gasteiger partial charge on any atom is 0.302 e. The summed E-state index contributed by atoms with van der Waals surface area (Å²) < 4.78 is 5.94. The normalized spacial score (nSPS) is 52.3. The number of ether oxygens (including phenoxy) is 1. The highest BCUT2D eigenvalue weighted by atomic mass is 16.5. The van der Waals surface area contributed by atoms with Crippen LogP contribution in [0.5, 0.6) is 0 Å². The lowest BCUT2D eigenvalue weighted by atomic mass is 9.31. The smallest absolute Gasteiger partial charge is 0.302 e. The number of aliphatic hydroxyl groups is 1. The zero-order valence-corrected chi connectivity index (χ0v) is 24.1. The Hall–Kier alpha value is -0.570. The Balaban J connectivity index is 1.55. The predicted molar refractivity (Wildman–Crippen MR) is 142 cm³/mol. The molecule has 3 heteroatoms. The Kier molecular flexibility index (Phi) is 5.93. The summed E-state index contributed by atoms with van der Waals surface area (Å²) in [7, 11) is 0. The first-order valence-corrected chi connectivity index (χ1v) is 14.9. The van der Waals surface area contributed by atoms with E-state index < -0.39 is 0 Å². The molecular weight excluding hydrogens is 432 g/mol. The third-order valence-corrected chi connectivity index (χ3v) is 13.9. The molecule has 0 saturated heterocycles. The van der Waals surface area contributed by atoms with Gasteiger partial charge in [-0.3, -0.25) is 4.79 Å². The maximum absolute atomic E-state index is 12.1. The number of fused-ring (bicyclic) bond motifs is 7. The lowest BCUT2D eigenvalue weighted by Crippen LogP contribution is -2.68. The van der Waals surface area contributed by atoms with E-state index in [2.05, 4.69) is 48.5 Å². The molecule has 1 unspecified atom stereocenters. The highest BCUT2D eigenvalue weighted by Crippen LogP contribution is 2.77. The number of carbonyl (C=O) groups excluding carboxylic acids is 1. The molecule has 0 aliphatic heterocycles. The third-order valence-electron chi connectivity index (χ3n) is 13.9. The zero-order valence-electron chi connectivity index (χ0n) is 24.1. The minimum absolute atomic E-state index is 0.00195. The van der Waals surface area contributed by atoms with Crippen molar-refractivity contribution in [2.45, 2.75) is 132 Å². The standard InChI is InChI=1S/C32H54O3/c1-21(33)35-20-32-14-12-26(34)28(4,5)24(32)11-13-31(8)25(32)10-9-22-23-19-27(2,3)15-16-29(23,6)17-18-30(22,31)7/h22-26,34H,9-20H2,1-8H3/t22-,23-,24?,25+,26-,29-,30-,31-,32-/m1/s1. The number of esters is 1. The Bertz CT molecular complexity index is 861. The van der Waals surface area contributed by atoms with Gasteiger partial charge in [0.1, 0.15) is 0 Å². The third kappa shape index (κ3) is 3.55. The minimum atomic E-state index is -0.255. The number of aliphatic hydroxyl groups excluding tert-OH is 1. The summed E-state index contributed by atoms with van der Waals surface area (Å²) >= 11 is 0. The average Bonchev–Trinajstić information content (AvgIpc) is 2.76.